The van der Waals surface area contributed by atoms with Crippen LogP contribution in [0.4, 0.5) is 0 Å². The monoisotopic (exact) mass is 389 g/mol. The van der Waals surface area contributed by atoms with Gasteiger partial charge in [-0.25, -0.2) is 4.98 Å². The Labute approximate surface area is 130 Å². The van der Waals surface area contributed by atoms with Crippen LogP contribution in [0.2, 0.25) is 5.02 Å². The second-order valence-electron chi connectivity index (χ2n) is 4.35. The van der Waals surface area contributed by atoms with Crippen LogP contribution in [0.15, 0.2) is 30.7 Å². The molecule has 0 saturated carbocycles. The van der Waals surface area contributed by atoms with Crippen molar-refractivity contribution in [3.8, 4) is 5.69 Å². The molecule has 0 aliphatic carbocycles. The predicted octanol–water partition coefficient (Wildman–Crippen LogP) is 2.79. The van der Waals surface area contributed by atoms with E-state index < -0.39 is 0 Å². The van der Waals surface area contributed by atoms with E-state index >= 15 is 0 Å². The maximum Gasteiger partial charge on any atom is 0.112 e. The summed E-state index contributed by atoms with van der Waals surface area (Å²) < 4.78 is 8.89. The highest BCUT2D eigenvalue weighted by Crippen LogP contribution is 2.27. The first kappa shape index (κ1) is 13.4. The van der Waals surface area contributed by atoms with E-state index in [9.17, 15) is 0 Å². The molecule has 6 heteroatoms. The summed E-state index contributed by atoms with van der Waals surface area (Å²) in [7, 11) is 0. The number of ether oxygens (including phenoxy) is 1. The van der Waals surface area contributed by atoms with Gasteiger partial charge in [0, 0.05) is 16.7 Å². The number of nitrogens with zero attached hydrogens (tertiary/aromatic N) is 2. The van der Waals surface area contributed by atoms with Gasteiger partial charge in [-0.1, -0.05) is 11.6 Å². The lowest BCUT2D eigenvalue weighted by molar-refractivity contribution is 0.0240. The minimum absolute atomic E-state index is 0.0200. The first-order valence-electron chi connectivity index (χ1n) is 6.05. The average Bonchev–Trinajstić information content (AvgIpc) is 2.89. The molecule has 100 valence electrons. The Morgan fingerprint density at radius 3 is 3.11 bits per heavy atom. The van der Waals surface area contributed by atoms with E-state index in [0.717, 1.165) is 39.7 Å². The number of hydrogen-bond acceptors (Lipinski definition) is 3. The number of imidazole rings is 1. The number of hydrogen-bond donors (Lipinski definition) is 1. The number of morpholine rings is 1. The third-order valence-electron chi connectivity index (χ3n) is 3.09. The van der Waals surface area contributed by atoms with Gasteiger partial charge in [0.1, 0.15) is 6.10 Å². The lowest BCUT2D eigenvalue weighted by Gasteiger charge is -2.24. The molecular formula is C13H13ClIN3O. The predicted molar refractivity (Wildman–Crippen MR) is 82.9 cm³/mol. The second-order valence-corrected chi connectivity index (χ2v) is 6.00. The topological polar surface area (TPSA) is 39.1 Å². The molecule has 1 atom stereocenters. The summed E-state index contributed by atoms with van der Waals surface area (Å²) in [5, 5.41) is 4.04. The van der Waals surface area contributed by atoms with Crippen LogP contribution in [0.5, 0.6) is 0 Å². The van der Waals surface area contributed by atoms with Gasteiger partial charge in [-0.15, -0.1) is 0 Å². The lowest BCUT2D eigenvalue weighted by Crippen LogP contribution is -2.34. The number of aromatic nitrogens is 2. The van der Waals surface area contributed by atoms with Crippen LogP contribution >= 0.6 is 34.2 Å². The number of rotatable bonds is 2. The molecule has 1 unspecified atom stereocenters. The van der Waals surface area contributed by atoms with Gasteiger partial charge in [-0.2, -0.15) is 0 Å². The molecule has 1 saturated heterocycles. The minimum Gasteiger partial charge on any atom is -0.369 e. The molecule has 2 heterocycles. The Morgan fingerprint density at radius 1 is 1.47 bits per heavy atom. The quantitative estimate of drug-likeness (QED) is 0.803. The average molecular weight is 390 g/mol. The van der Waals surface area contributed by atoms with Crippen molar-refractivity contribution in [2.45, 2.75) is 6.10 Å². The first-order valence-corrected chi connectivity index (χ1v) is 7.51. The Bertz CT molecular complexity index is 581. The van der Waals surface area contributed by atoms with Crippen molar-refractivity contribution in [3.63, 3.8) is 0 Å². The fourth-order valence-corrected chi connectivity index (χ4v) is 3.12. The van der Waals surface area contributed by atoms with Crippen LogP contribution in [0.3, 0.4) is 0 Å². The van der Waals surface area contributed by atoms with E-state index in [2.05, 4.69) is 32.9 Å². The summed E-state index contributed by atoms with van der Waals surface area (Å²) in [6.45, 7) is 2.42. The zero-order valence-corrected chi connectivity index (χ0v) is 13.1. The van der Waals surface area contributed by atoms with Crippen molar-refractivity contribution >= 4 is 34.2 Å². The van der Waals surface area contributed by atoms with Gasteiger partial charge in [0.05, 0.1) is 35.5 Å². The summed E-state index contributed by atoms with van der Waals surface area (Å²) >= 11 is 8.57. The maximum absolute atomic E-state index is 6.32. The van der Waals surface area contributed by atoms with Gasteiger partial charge in [0.15, 0.2) is 0 Å². The van der Waals surface area contributed by atoms with E-state index in [1.807, 2.05) is 29.0 Å². The van der Waals surface area contributed by atoms with E-state index in [4.69, 9.17) is 16.3 Å². The normalized spacial score (nSPS) is 19.6. The van der Waals surface area contributed by atoms with Crippen LogP contribution < -0.4 is 5.32 Å². The van der Waals surface area contributed by atoms with Crippen LogP contribution in [-0.2, 0) is 4.74 Å². The molecule has 0 bridgehead atoms. The summed E-state index contributed by atoms with van der Waals surface area (Å²) in [4.78, 5) is 4.23. The van der Waals surface area contributed by atoms with Gasteiger partial charge in [0.2, 0.25) is 0 Å². The Hall–Kier alpha value is -0.630. The van der Waals surface area contributed by atoms with Gasteiger partial charge in [-0.3, -0.25) is 4.57 Å². The van der Waals surface area contributed by atoms with E-state index in [0.29, 0.717) is 0 Å². The van der Waals surface area contributed by atoms with Crippen molar-refractivity contribution in [2.75, 3.05) is 19.7 Å². The summed E-state index contributed by atoms with van der Waals surface area (Å²) in [6, 6.07) is 5.98. The second kappa shape index (κ2) is 5.78. The summed E-state index contributed by atoms with van der Waals surface area (Å²) in [5.41, 5.74) is 1.96. The third-order valence-corrected chi connectivity index (χ3v) is 4.07. The third kappa shape index (κ3) is 2.79. The fraction of sp³-hybridized carbons (Fsp3) is 0.308. The Kier molecular flexibility index (Phi) is 4.07. The zero-order chi connectivity index (χ0) is 13.2. The maximum atomic E-state index is 6.32. The highest BCUT2D eigenvalue weighted by Gasteiger charge is 2.20. The SMILES string of the molecule is Clc1cc(I)ccc1-n1cncc1C1CNCCO1. The fourth-order valence-electron chi connectivity index (χ4n) is 2.18. The van der Waals surface area contributed by atoms with Crippen LogP contribution in [0.1, 0.15) is 11.8 Å². The van der Waals surface area contributed by atoms with Crippen LogP contribution in [-0.4, -0.2) is 29.2 Å². The van der Waals surface area contributed by atoms with E-state index in [-0.39, 0.29) is 6.10 Å². The van der Waals surface area contributed by atoms with Crippen molar-refractivity contribution in [2.24, 2.45) is 0 Å². The molecule has 0 spiro atoms. The molecule has 0 amide bonds. The molecule has 19 heavy (non-hydrogen) atoms. The van der Waals surface area contributed by atoms with Crippen molar-refractivity contribution in [1.29, 1.82) is 0 Å². The van der Waals surface area contributed by atoms with Gasteiger partial charge in [0.25, 0.3) is 0 Å². The molecule has 1 aromatic heterocycles. The minimum atomic E-state index is 0.0200. The van der Waals surface area contributed by atoms with Gasteiger partial charge in [-0.05, 0) is 40.8 Å². The van der Waals surface area contributed by atoms with Crippen LogP contribution in [0.25, 0.3) is 5.69 Å². The van der Waals surface area contributed by atoms with Crippen LogP contribution in [0, 0.1) is 3.57 Å². The van der Waals surface area contributed by atoms with Crippen molar-refractivity contribution in [3.05, 3.63) is 45.0 Å². The molecule has 1 fully saturated rings. The zero-order valence-electron chi connectivity index (χ0n) is 10.1. The highest BCUT2D eigenvalue weighted by atomic mass is 127. The van der Waals surface area contributed by atoms with E-state index in [1.165, 1.54) is 0 Å². The number of nitrogens with one attached hydrogen (secondary N) is 1. The smallest absolute Gasteiger partial charge is 0.112 e. The molecule has 1 aliphatic rings. The Balaban J connectivity index is 1.99. The van der Waals surface area contributed by atoms with Crippen molar-refractivity contribution in [1.82, 2.24) is 14.9 Å². The molecule has 0 radical (unpaired) electrons. The van der Waals surface area contributed by atoms with Gasteiger partial charge >= 0.3 is 0 Å². The molecule has 1 N–H and O–H groups in total. The molecule has 4 nitrogen and oxygen atoms in total. The highest BCUT2D eigenvalue weighted by molar-refractivity contribution is 14.1. The number of halogens is 2. The summed E-state index contributed by atoms with van der Waals surface area (Å²) in [5.74, 6) is 0. The molecule has 1 aliphatic heterocycles. The Morgan fingerprint density at radius 2 is 2.37 bits per heavy atom. The lowest BCUT2D eigenvalue weighted by atomic mass is 10.2. The molecule has 2 aromatic rings. The number of benzene rings is 1. The molecule has 3 rings (SSSR count). The van der Waals surface area contributed by atoms with Crippen molar-refractivity contribution < 1.29 is 4.74 Å². The standard InChI is InChI=1S/C13H13ClIN3O/c14-10-5-9(15)1-2-11(10)18-8-17-6-12(18)13-7-16-3-4-19-13/h1-2,5-6,8,13,16H,3-4,7H2. The largest absolute Gasteiger partial charge is 0.369 e. The van der Waals surface area contributed by atoms with Gasteiger partial charge < -0.3 is 10.1 Å². The molecule has 1 aromatic carbocycles. The first-order chi connectivity index (χ1) is 9.25. The van der Waals surface area contributed by atoms with E-state index in [1.54, 1.807) is 6.33 Å². The molecular weight excluding hydrogens is 377 g/mol. The summed E-state index contributed by atoms with van der Waals surface area (Å²) in [6.07, 6.45) is 3.64.